The van der Waals surface area contributed by atoms with Crippen LogP contribution in [-0.4, -0.2) is 5.97 Å². The fourth-order valence-electron chi connectivity index (χ4n) is 1.69. The average Bonchev–Trinajstić information content (AvgIpc) is 2.76. The van der Waals surface area contributed by atoms with E-state index >= 15 is 0 Å². The van der Waals surface area contributed by atoms with E-state index in [-0.39, 0.29) is 22.6 Å². The molecule has 1 aromatic heterocycles. The van der Waals surface area contributed by atoms with Crippen LogP contribution in [0.4, 0.5) is 4.39 Å². The Labute approximate surface area is 127 Å². The van der Waals surface area contributed by atoms with E-state index in [1.807, 2.05) is 0 Å². The van der Waals surface area contributed by atoms with Crippen LogP contribution in [0.3, 0.4) is 0 Å². The summed E-state index contributed by atoms with van der Waals surface area (Å²) in [4.78, 5) is 22.8. The Bertz CT molecular complexity index is 718. The SMILES string of the molecule is Cc1oc(=O)oc1COC(=O)C(C)c1ccc(F)c(Br)c1. The number of halogens is 2. The normalized spacial score (nSPS) is 12.2. The predicted molar refractivity (Wildman–Crippen MR) is 74.3 cm³/mol. The first-order valence-electron chi connectivity index (χ1n) is 6.09. The lowest BCUT2D eigenvalue weighted by molar-refractivity contribution is -0.146. The zero-order chi connectivity index (χ0) is 15.6. The van der Waals surface area contributed by atoms with E-state index in [1.54, 1.807) is 6.92 Å². The molecule has 0 saturated carbocycles. The van der Waals surface area contributed by atoms with Crippen molar-refractivity contribution in [2.75, 3.05) is 0 Å². The monoisotopic (exact) mass is 358 g/mol. The van der Waals surface area contributed by atoms with Crippen LogP contribution in [0.1, 0.15) is 29.9 Å². The van der Waals surface area contributed by atoms with Gasteiger partial charge < -0.3 is 13.6 Å². The van der Waals surface area contributed by atoms with Gasteiger partial charge in [-0.2, -0.15) is 0 Å². The van der Waals surface area contributed by atoms with Crippen LogP contribution in [-0.2, 0) is 16.1 Å². The van der Waals surface area contributed by atoms with E-state index in [0.717, 1.165) is 0 Å². The fourth-order valence-corrected chi connectivity index (χ4v) is 2.08. The molecule has 2 aromatic rings. The lowest BCUT2D eigenvalue weighted by Gasteiger charge is -2.11. The van der Waals surface area contributed by atoms with Crippen LogP contribution < -0.4 is 5.82 Å². The van der Waals surface area contributed by atoms with Gasteiger partial charge in [-0.3, -0.25) is 4.79 Å². The Hall–Kier alpha value is -1.89. The molecule has 0 N–H and O–H groups in total. The summed E-state index contributed by atoms with van der Waals surface area (Å²) >= 11 is 3.06. The van der Waals surface area contributed by atoms with Gasteiger partial charge in [-0.1, -0.05) is 6.07 Å². The third-order valence-corrected chi connectivity index (χ3v) is 3.59. The van der Waals surface area contributed by atoms with Gasteiger partial charge >= 0.3 is 11.8 Å². The summed E-state index contributed by atoms with van der Waals surface area (Å²) in [5.74, 6) is -1.91. The van der Waals surface area contributed by atoms with Crippen LogP contribution in [0, 0.1) is 12.7 Å². The van der Waals surface area contributed by atoms with Crippen molar-refractivity contribution in [3.63, 3.8) is 0 Å². The molecule has 2 rings (SSSR count). The highest BCUT2D eigenvalue weighted by Gasteiger charge is 2.19. The summed E-state index contributed by atoms with van der Waals surface area (Å²) in [7, 11) is 0. The summed E-state index contributed by atoms with van der Waals surface area (Å²) in [5.41, 5.74) is 0.610. The zero-order valence-corrected chi connectivity index (χ0v) is 12.9. The Balaban J connectivity index is 2.04. The number of carbonyl (C=O) groups excluding carboxylic acids is 1. The van der Waals surface area contributed by atoms with Crippen molar-refractivity contribution in [1.82, 2.24) is 0 Å². The highest BCUT2D eigenvalue weighted by Crippen LogP contribution is 2.23. The van der Waals surface area contributed by atoms with Gasteiger partial charge in [-0.25, -0.2) is 9.18 Å². The highest BCUT2D eigenvalue weighted by atomic mass is 79.9. The van der Waals surface area contributed by atoms with Crippen molar-refractivity contribution in [1.29, 1.82) is 0 Å². The molecule has 0 amide bonds. The molecule has 0 radical (unpaired) electrons. The first-order valence-corrected chi connectivity index (χ1v) is 6.88. The molecule has 21 heavy (non-hydrogen) atoms. The number of ether oxygens (including phenoxy) is 1. The number of aryl methyl sites for hydroxylation is 1. The van der Waals surface area contributed by atoms with Crippen LogP contribution in [0.25, 0.3) is 0 Å². The van der Waals surface area contributed by atoms with E-state index in [2.05, 4.69) is 20.3 Å². The molecule has 7 heteroatoms. The Kier molecular flexibility index (Phi) is 4.62. The minimum Gasteiger partial charge on any atom is -0.457 e. The van der Waals surface area contributed by atoms with Crippen molar-refractivity contribution in [3.05, 3.63) is 56.2 Å². The molecule has 112 valence electrons. The summed E-state index contributed by atoms with van der Waals surface area (Å²) in [6.07, 6.45) is 0. The van der Waals surface area contributed by atoms with E-state index in [1.165, 1.54) is 25.1 Å². The Morgan fingerprint density at radius 2 is 2.14 bits per heavy atom. The van der Waals surface area contributed by atoms with Gasteiger partial charge in [-0.15, -0.1) is 0 Å². The number of benzene rings is 1. The minimum absolute atomic E-state index is 0.167. The number of hydrogen-bond acceptors (Lipinski definition) is 5. The van der Waals surface area contributed by atoms with Crippen LogP contribution in [0.5, 0.6) is 0 Å². The molecule has 1 unspecified atom stereocenters. The second kappa shape index (κ2) is 6.26. The van der Waals surface area contributed by atoms with E-state index in [4.69, 9.17) is 9.15 Å². The van der Waals surface area contributed by atoms with Crippen LogP contribution >= 0.6 is 15.9 Å². The maximum atomic E-state index is 13.2. The molecule has 0 bridgehead atoms. The minimum atomic E-state index is -0.839. The van der Waals surface area contributed by atoms with Gasteiger partial charge in [0.1, 0.15) is 5.82 Å². The lowest BCUT2D eigenvalue weighted by Crippen LogP contribution is -2.13. The van der Waals surface area contributed by atoms with Crippen molar-refractivity contribution in [3.8, 4) is 0 Å². The van der Waals surface area contributed by atoms with E-state index in [9.17, 15) is 14.0 Å². The van der Waals surface area contributed by atoms with Crippen LogP contribution in [0.2, 0.25) is 0 Å². The third kappa shape index (κ3) is 3.60. The molecule has 0 aliphatic rings. The molecular formula is C14H12BrFO5. The van der Waals surface area contributed by atoms with Crippen molar-refractivity contribution >= 4 is 21.9 Å². The molecule has 0 aliphatic carbocycles. The van der Waals surface area contributed by atoms with Gasteiger partial charge in [0.05, 0.1) is 10.4 Å². The van der Waals surface area contributed by atoms with E-state index < -0.39 is 23.5 Å². The second-order valence-electron chi connectivity index (χ2n) is 4.44. The summed E-state index contributed by atoms with van der Waals surface area (Å²) in [5, 5.41) is 0. The lowest BCUT2D eigenvalue weighted by atomic mass is 10.0. The first kappa shape index (κ1) is 15.5. The topological polar surface area (TPSA) is 69.7 Å². The van der Waals surface area contributed by atoms with Gasteiger partial charge in [0.2, 0.25) is 0 Å². The van der Waals surface area contributed by atoms with Crippen molar-refractivity contribution in [2.24, 2.45) is 0 Å². The third-order valence-electron chi connectivity index (χ3n) is 2.98. The van der Waals surface area contributed by atoms with Crippen molar-refractivity contribution < 1.29 is 22.8 Å². The molecule has 1 atom stereocenters. The largest absolute Gasteiger partial charge is 0.519 e. The van der Waals surface area contributed by atoms with Crippen molar-refractivity contribution in [2.45, 2.75) is 26.4 Å². The molecule has 5 nitrogen and oxygen atoms in total. The smallest absolute Gasteiger partial charge is 0.457 e. The Morgan fingerprint density at radius 3 is 2.71 bits per heavy atom. The highest BCUT2D eigenvalue weighted by molar-refractivity contribution is 9.10. The van der Waals surface area contributed by atoms with E-state index in [0.29, 0.717) is 5.56 Å². The van der Waals surface area contributed by atoms with Gasteiger partial charge in [0.25, 0.3) is 0 Å². The summed E-state index contributed by atoms with van der Waals surface area (Å²) in [6, 6.07) is 4.29. The zero-order valence-electron chi connectivity index (χ0n) is 11.3. The Morgan fingerprint density at radius 1 is 1.43 bits per heavy atom. The predicted octanol–water partition coefficient (Wildman–Crippen LogP) is 3.29. The number of rotatable bonds is 4. The van der Waals surface area contributed by atoms with Gasteiger partial charge in [0.15, 0.2) is 18.1 Å². The number of hydrogen-bond donors (Lipinski definition) is 0. The molecule has 0 fully saturated rings. The standard InChI is InChI=1S/C14H12BrFO5/c1-7(9-3-4-11(16)10(15)5-9)13(17)19-6-12-8(2)20-14(18)21-12/h3-5,7H,6H2,1-2H3. The molecule has 0 aliphatic heterocycles. The second-order valence-corrected chi connectivity index (χ2v) is 5.29. The average molecular weight is 359 g/mol. The summed E-state index contributed by atoms with van der Waals surface area (Å²) in [6.45, 7) is 2.98. The van der Waals surface area contributed by atoms with Gasteiger partial charge in [-0.05, 0) is 47.5 Å². The molecular weight excluding hydrogens is 347 g/mol. The van der Waals surface area contributed by atoms with Crippen LogP contribution in [0.15, 0.2) is 36.3 Å². The maximum Gasteiger partial charge on any atom is 0.519 e. The summed E-state index contributed by atoms with van der Waals surface area (Å²) < 4.78 is 27.9. The number of carbonyl (C=O) groups is 1. The molecule has 0 saturated heterocycles. The number of esters is 1. The fraction of sp³-hybridized carbons (Fsp3) is 0.286. The van der Waals surface area contributed by atoms with Gasteiger partial charge in [0, 0.05) is 0 Å². The molecule has 1 aromatic carbocycles. The maximum absolute atomic E-state index is 13.2. The first-order chi connectivity index (χ1) is 9.88. The molecule has 1 heterocycles. The quantitative estimate of drug-likeness (QED) is 0.784. The molecule has 0 spiro atoms.